The Balaban J connectivity index is 2.21. The monoisotopic (exact) mass is 299 g/mol. The van der Waals surface area contributed by atoms with Gasteiger partial charge in [0.15, 0.2) is 0 Å². The third-order valence-corrected chi connectivity index (χ3v) is 4.46. The SMILES string of the molecule is CCn1ncc(Br)c1C1CCCCC(NC)C1. The molecule has 1 fully saturated rings. The Morgan fingerprint density at radius 2 is 2.24 bits per heavy atom. The van der Waals surface area contributed by atoms with Gasteiger partial charge in [-0.25, -0.2) is 0 Å². The number of hydrogen-bond donors (Lipinski definition) is 1. The molecule has 2 unspecified atom stereocenters. The number of aromatic nitrogens is 2. The summed E-state index contributed by atoms with van der Waals surface area (Å²) in [6, 6.07) is 0.662. The standard InChI is InChI=1S/C13H22BrN3/c1-3-17-13(12(14)9-16-17)10-6-4-5-7-11(8-10)15-2/h9-11,15H,3-8H2,1-2H3. The van der Waals surface area contributed by atoms with Crippen LogP contribution in [0.4, 0.5) is 0 Å². The molecule has 2 atom stereocenters. The molecule has 1 aliphatic rings. The molecule has 0 radical (unpaired) electrons. The van der Waals surface area contributed by atoms with Crippen molar-refractivity contribution < 1.29 is 0 Å². The van der Waals surface area contributed by atoms with E-state index in [1.54, 1.807) is 0 Å². The van der Waals surface area contributed by atoms with Crippen molar-refractivity contribution in [1.29, 1.82) is 0 Å². The van der Waals surface area contributed by atoms with Gasteiger partial charge in [-0.2, -0.15) is 5.10 Å². The molecule has 0 amide bonds. The van der Waals surface area contributed by atoms with Crippen LogP contribution >= 0.6 is 15.9 Å². The van der Waals surface area contributed by atoms with E-state index in [4.69, 9.17) is 0 Å². The number of nitrogens with one attached hydrogen (secondary N) is 1. The highest BCUT2D eigenvalue weighted by molar-refractivity contribution is 9.10. The van der Waals surface area contributed by atoms with E-state index >= 15 is 0 Å². The molecule has 2 rings (SSSR count). The first kappa shape index (κ1) is 13.1. The lowest BCUT2D eigenvalue weighted by Gasteiger charge is -2.21. The lowest BCUT2D eigenvalue weighted by Crippen LogP contribution is -2.26. The van der Waals surface area contributed by atoms with E-state index in [1.807, 2.05) is 6.20 Å². The van der Waals surface area contributed by atoms with Gasteiger partial charge in [0, 0.05) is 18.5 Å². The molecule has 1 N–H and O–H groups in total. The molecular formula is C13H22BrN3. The normalized spacial score (nSPS) is 25.8. The zero-order valence-electron chi connectivity index (χ0n) is 10.7. The summed E-state index contributed by atoms with van der Waals surface area (Å²) in [5.74, 6) is 0.645. The van der Waals surface area contributed by atoms with E-state index in [9.17, 15) is 0 Å². The summed E-state index contributed by atoms with van der Waals surface area (Å²) in [5.41, 5.74) is 1.40. The molecule has 0 bridgehead atoms. The summed E-state index contributed by atoms with van der Waals surface area (Å²) in [6.07, 6.45) is 8.47. The smallest absolute Gasteiger partial charge is 0.0635 e. The third-order valence-electron chi connectivity index (χ3n) is 3.85. The minimum Gasteiger partial charge on any atom is -0.317 e. The van der Waals surface area contributed by atoms with Gasteiger partial charge in [0.1, 0.15) is 0 Å². The van der Waals surface area contributed by atoms with E-state index in [-0.39, 0.29) is 0 Å². The van der Waals surface area contributed by atoms with Crippen molar-refractivity contribution in [1.82, 2.24) is 15.1 Å². The Morgan fingerprint density at radius 1 is 1.47 bits per heavy atom. The molecule has 96 valence electrons. The number of rotatable bonds is 3. The highest BCUT2D eigenvalue weighted by Crippen LogP contribution is 2.35. The fraction of sp³-hybridized carbons (Fsp3) is 0.769. The molecule has 1 aromatic heterocycles. The number of halogens is 1. The van der Waals surface area contributed by atoms with Gasteiger partial charge < -0.3 is 5.32 Å². The van der Waals surface area contributed by atoms with E-state index in [2.05, 4.69) is 45.0 Å². The Morgan fingerprint density at radius 3 is 2.94 bits per heavy atom. The van der Waals surface area contributed by atoms with Crippen molar-refractivity contribution >= 4 is 15.9 Å². The van der Waals surface area contributed by atoms with Crippen LogP contribution in [0.5, 0.6) is 0 Å². The molecule has 1 heterocycles. The van der Waals surface area contributed by atoms with Crippen LogP contribution < -0.4 is 5.32 Å². The average Bonchev–Trinajstić information content (AvgIpc) is 2.58. The Hall–Kier alpha value is -0.350. The largest absolute Gasteiger partial charge is 0.317 e. The van der Waals surface area contributed by atoms with Gasteiger partial charge in [0.25, 0.3) is 0 Å². The van der Waals surface area contributed by atoms with E-state index < -0.39 is 0 Å². The van der Waals surface area contributed by atoms with Gasteiger partial charge in [-0.15, -0.1) is 0 Å². The predicted octanol–water partition coefficient (Wildman–Crippen LogP) is 3.30. The van der Waals surface area contributed by atoms with Crippen LogP contribution in [0.3, 0.4) is 0 Å². The van der Waals surface area contributed by atoms with Gasteiger partial charge in [-0.3, -0.25) is 4.68 Å². The Kier molecular flexibility index (Phi) is 4.62. The van der Waals surface area contributed by atoms with Crippen molar-refractivity contribution in [2.75, 3.05) is 7.05 Å². The van der Waals surface area contributed by atoms with Gasteiger partial charge in [0.05, 0.1) is 16.4 Å². The molecule has 0 spiro atoms. The fourth-order valence-corrected chi connectivity index (χ4v) is 3.52. The summed E-state index contributed by atoms with van der Waals surface area (Å²) in [4.78, 5) is 0. The van der Waals surface area contributed by atoms with Crippen molar-refractivity contribution in [3.8, 4) is 0 Å². The maximum atomic E-state index is 4.44. The van der Waals surface area contributed by atoms with Crippen molar-refractivity contribution in [3.63, 3.8) is 0 Å². The summed E-state index contributed by atoms with van der Waals surface area (Å²) in [5, 5.41) is 7.89. The number of nitrogens with zero attached hydrogens (tertiary/aromatic N) is 2. The molecule has 3 nitrogen and oxygen atoms in total. The lowest BCUT2D eigenvalue weighted by atomic mass is 9.94. The quantitative estimate of drug-likeness (QED) is 0.868. The van der Waals surface area contributed by atoms with Crippen molar-refractivity contribution in [3.05, 3.63) is 16.4 Å². The van der Waals surface area contributed by atoms with Crippen LogP contribution in [-0.4, -0.2) is 22.9 Å². The summed E-state index contributed by atoms with van der Waals surface area (Å²) < 4.78 is 3.33. The van der Waals surface area contributed by atoms with Gasteiger partial charge in [-0.05, 0) is 49.2 Å². The van der Waals surface area contributed by atoms with E-state index in [0.717, 1.165) is 6.54 Å². The Labute approximate surface area is 112 Å². The first-order valence-corrected chi connectivity index (χ1v) is 7.44. The second-order valence-corrected chi connectivity index (χ2v) is 5.75. The second-order valence-electron chi connectivity index (χ2n) is 4.90. The van der Waals surface area contributed by atoms with Crippen LogP contribution in [0.15, 0.2) is 10.7 Å². The third kappa shape index (κ3) is 2.91. The molecule has 4 heteroatoms. The first-order chi connectivity index (χ1) is 8.26. The van der Waals surface area contributed by atoms with Crippen LogP contribution in [-0.2, 0) is 6.54 Å². The van der Waals surface area contributed by atoms with Gasteiger partial charge >= 0.3 is 0 Å². The summed E-state index contributed by atoms with van der Waals surface area (Å²) in [6.45, 7) is 3.12. The van der Waals surface area contributed by atoms with E-state index in [1.165, 1.54) is 42.3 Å². The fourth-order valence-electron chi connectivity index (χ4n) is 2.90. The number of hydrogen-bond acceptors (Lipinski definition) is 2. The van der Waals surface area contributed by atoms with Crippen LogP contribution in [0.1, 0.15) is 50.6 Å². The Bertz CT molecular complexity index is 362. The molecule has 0 aromatic carbocycles. The average molecular weight is 300 g/mol. The molecule has 0 saturated heterocycles. The molecule has 0 aliphatic heterocycles. The zero-order valence-corrected chi connectivity index (χ0v) is 12.3. The summed E-state index contributed by atoms with van der Waals surface area (Å²) >= 11 is 3.66. The lowest BCUT2D eigenvalue weighted by molar-refractivity contribution is 0.449. The number of aryl methyl sites for hydroxylation is 1. The molecule has 1 aromatic rings. The molecule has 17 heavy (non-hydrogen) atoms. The minimum absolute atomic E-state index is 0.645. The second kappa shape index (κ2) is 6.01. The predicted molar refractivity (Wildman–Crippen MR) is 74.3 cm³/mol. The maximum Gasteiger partial charge on any atom is 0.0635 e. The molecule has 1 aliphatic carbocycles. The first-order valence-electron chi connectivity index (χ1n) is 6.64. The maximum absolute atomic E-state index is 4.44. The molecular weight excluding hydrogens is 278 g/mol. The highest BCUT2D eigenvalue weighted by Gasteiger charge is 2.24. The van der Waals surface area contributed by atoms with Crippen LogP contribution in [0.25, 0.3) is 0 Å². The van der Waals surface area contributed by atoms with Crippen molar-refractivity contribution in [2.24, 2.45) is 0 Å². The highest BCUT2D eigenvalue weighted by atomic mass is 79.9. The topological polar surface area (TPSA) is 29.9 Å². The van der Waals surface area contributed by atoms with Crippen LogP contribution in [0, 0.1) is 0 Å². The van der Waals surface area contributed by atoms with Crippen molar-refractivity contribution in [2.45, 2.75) is 57.5 Å². The molecule has 1 saturated carbocycles. The van der Waals surface area contributed by atoms with Gasteiger partial charge in [-0.1, -0.05) is 12.8 Å². The van der Waals surface area contributed by atoms with E-state index in [0.29, 0.717) is 12.0 Å². The summed E-state index contributed by atoms with van der Waals surface area (Å²) in [7, 11) is 2.08. The zero-order chi connectivity index (χ0) is 12.3. The van der Waals surface area contributed by atoms with Gasteiger partial charge in [0.2, 0.25) is 0 Å². The van der Waals surface area contributed by atoms with Crippen LogP contribution in [0.2, 0.25) is 0 Å². The minimum atomic E-state index is 0.645.